The molecule has 1 rings (SSSR count). The number of amidine groups is 1. The largest absolute Gasteiger partial charge is 0.371 e. The van der Waals surface area contributed by atoms with E-state index >= 15 is 0 Å². The van der Waals surface area contributed by atoms with Gasteiger partial charge in [-0.1, -0.05) is 84.5 Å². The molecule has 130 valence electrons. The SMILES string of the molecule is CCCCCCCCCCCCC(CC)C(N)C1=NCCN1. The summed E-state index contributed by atoms with van der Waals surface area (Å²) < 4.78 is 0. The molecule has 0 aliphatic carbocycles. The molecule has 22 heavy (non-hydrogen) atoms. The highest BCUT2D eigenvalue weighted by atomic mass is 15.1. The Bertz CT molecular complexity index is 288. The number of nitrogens with two attached hydrogens (primary N) is 1. The van der Waals surface area contributed by atoms with Crippen molar-refractivity contribution in [3.05, 3.63) is 0 Å². The predicted molar refractivity (Wildman–Crippen MR) is 98.5 cm³/mol. The van der Waals surface area contributed by atoms with Gasteiger partial charge in [0.05, 0.1) is 12.6 Å². The number of rotatable bonds is 14. The van der Waals surface area contributed by atoms with Gasteiger partial charge in [-0.2, -0.15) is 0 Å². The monoisotopic (exact) mass is 309 g/mol. The Labute approximate surface area is 138 Å². The molecule has 3 nitrogen and oxygen atoms in total. The highest BCUT2D eigenvalue weighted by molar-refractivity contribution is 5.88. The third kappa shape index (κ3) is 8.17. The first-order chi connectivity index (χ1) is 10.8. The molecule has 0 amide bonds. The number of hydrogen-bond acceptors (Lipinski definition) is 3. The zero-order valence-electron chi connectivity index (χ0n) is 15.1. The molecule has 0 radical (unpaired) electrons. The first-order valence-electron chi connectivity index (χ1n) is 9.83. The summed E-state index contributed by atoms with van der Waals surface area (Å²) >= 11 is 0. The summed E-state index contributed by atoms with van der Waals surface area (Å²) in [7, 11) is 0. The molecule has 0 fully saturated rings. The Kier molecular flexibility index (Phi) is 11.4. The summed E-state index contributed by atoms with van der Waals surface area (Å²) in [6, 6.07) is 0.131. The summed E-state index contributed by atoms with van der Waals surface area (Å²) in [5, 5.41) is 3.34. The number of aliphatic imine (C=N–C) groups is 1. The van der Waals surface area contributed by atoms with Crippen LogP contribution in [0.3, 0.4) is 0 Å². The maximum atomic E-state index is 6.36. The molecular formula is C19H39N3. The van der Waals surface area contributed by atoms with Crippen LogP contribution < -0.4 is 11.1 Å². The van der Waals surface area contributed by atoms with Gasteiger partial charge in [0.15, 0.2) is 0 Å². The Balaban J connectivity index is 1.98. The molecule has 0 bridgehead atoms. The van der Waals surface area contributed by atoms with Crippen LogP contribution in [0, 0.1) is 5.92 Å². The second-order valence-electron chi connectivity index (χ2n) is 6.86. The Morgan fingerprint density at radius 2 is 1.55 bits per heavy atom. The summed E-state index contributed by atoms with van der Waals surface area (Å²) in [5.41, 5.74) is 6.36. The van der Waals surface area contributed by atoms with Crippen molar-refractivity contribution in [3.63, 3.8) is 0 Å². The van der Waals surface area contributed by atoms with Gasteiger partial charge in [0, 0.05) is 6.54 Å². The lowest BCUT2D eigenvalue weighted by molar-refractivity contribution is 0.411. The summed E-state index contributed by atoms with van der Waals surface area (Å²) in [4.78, 5) is 4.48. The highest BCUT2D eigenvalue weighted by Crippen LogP contribution is 2.19. The van der Waals surface area contributed by atoms with Crippen molar-refractivity contribution in [3.8, 4) is 0 Å². The molecule has 1 aliphatic rings. The van der Waals surface area contributed by atoms with Crippen LogP contribution in [-0.2, 0) is 0 Å². The third-order valence-corrected chi connectivity index (χ3v) is 4.98. The molecule has 0 saturated carbocycles. The van der Waals surface area contributed by atoms with Gasteiger partial charge in [0.1, 0.15) is 5.84 Å². The molecule has 0 aromatic rings. The molecule has 0 spiro atoms. The smallest absolute Gasteiger partial charge is 0.114 e. The van der Waals surface area contributed by atoms with Crippen LogP contribution in [0.4, 0.5) is 0 Å². The van der Waals surface area contributed by atoms with Gasteiger partial charge in [-0.05, 0) is 12.3 Å². The minimum absolute atomic E-state index is 0.131. The van der Waals surface area contributed by atoms with Gasteiger partial charge in [0.25, 0.3) is 0 Å². The number of nitrogens with zero attached hydrogens (tertiary/aromatic N) is 1. The van der Waals surface area contributed by atoms with E-state index in [2.05, 4.69) is 24.2 Å². The van der Waals surface area contributed by atoms with E-state index < -0.39 is 0 Å². The fraction of sp³-hybridized carbons (Fsp3) is 0.947. The van der Waals surface area contributed by atoms with Crippen LogP contribution in [0.5, 0.6) is 0 Å². The fourth-order valence-corrected chi connectivity index (χ4v) is 3.39. The summed E-state index contributed by atoms with van der Waals surface area (Å²) in [6.45, 7) is 6.41. The summed E-state index contributed by atoms with van der Waals surface area (Å²) in [6.07, 6.45) is 16.5. The quantitative estimate of drug-likeness (QED) is 0.459. The van der Waals surface area contributed by atoms with E-state index in [1.165, 1.54) is 77.0 Å². The van der Waals surface area contributed by atoms with Gasteiger partial charge in [-0.15, -0.1) is 0 Å². The molecule has 2 atom stereocenters. The van der Waals surface area contributed by atoms with E-state index in [1.807, 2.05) is 0 Å². The number of nitrogens with one attached hydrogen (secondary N) is 1. The van der Waals surface area contributed by atoms with E-state index in [0.29, 0.717) is 5.92 Å². The lowest BCUT2D eigenvalue weighted by atomic mass is 9.90. The second-order valence-corrected chi connectivity index (χ2v) is 6.86. The summed E-state index contributed by atoms with van der Waals surface area (Å²) in [5.74, 6) is 1.65. The van der Waals surface area contributed by atoms with Crippen molar-refractivity contribution in [2.24, 2.45) is 16.6 Å². The first-order valence-corrected chi connectivity index (χ1v) is 9.83. The van der Waals surface area contributed by atoms with Crippen molar-refractivity contribution in [1.82, 2.24) is 5.32 Å². The van der Waals surface area contributed by atoms with Crippen LogP contribution in [0.15, 0.2) is 4.99 Å². The maximum Gasteiger partial charge on any atom is 0.114 e. The van der Waals surface area contributed by atoms with Crippen molar-refractivity contribution < 1.29 is 0 Å². The molecule has 0 aromatic heterocycles. The van der Waals surface area contributed by atoms with E-state index in [9.17, 15) is 0 Å². The van der Waals surface area contributed by atoms with Crippen LogP contribution in [-0.4, -0.2) is 25.0 Å². The normalized spacial score (nSPS) is 17.1. The Hall–Kier alpha value is -0.570. The fourth-order valence-electron chi connectivity index (χ4n) is 3.39. The zero-order chi connectivity index (χ0) is 16.0. The van der Waals surface area contributed by atoms with Crippen molar-refractivity contribution in [1.29, 1.82) is 0 Å². The topological polar surface area (TPSA) is 50.4 Å². The van der Waals surface area contributed by atoms with Crippen LogP contribution >= 0.6 is 0 Å². The van der Waals surface area contributed by atoms with E-state index in [1.54, 1.807) is 0 Å². The van der Waals surface area contributed by atoms with E-state index in [4.69, 9.17) is 5.73 Å². The molecule has 1 aliphatic heterocycles. The van der Waals surface area contributed by atoms with Crippen LogP contribution in [0.25, 0.3) is 0 Å². The van der Waals surface area contributed by atoms with Crippen molar-refractivity contribution in [2.45, 2.75) is 96.9 Å². The maximum absolute atomic E-state index is 6.36. The number of hydrogen-bond donors (Lipinski definition) is 2. The average Bonchev–Trinajstić information content (AvgIpc) is 3.06. The standard InChI is InChI=1S/C19H39N3/c1-3-5-6-7-8-9-10-11-12-13-14-17(4-2)18(20)19-21-15-16-22-19/h17-18H,3-16,20H2,1-2H3,(H,21,22). The predicted octanol–water partition coefficient (Wildman–Crippen LogP) is 4.65. The molecule has 0 saturated heterocycles. The zero-order valence-corrected chi connectivity index (χ0v) is 15.1. The van der Waals surface area contributed by atoms with Gasteiger partial charge < -0.3 is 11.1 Å². The van der Waals surface area contributed by atoms with Gasteiger partial charge in [0.2, 0.25) is 0 Å². The van der Waals surface area contributed by atoms with Crippen molar-refractivity contribution >= 4 is 5.84 Å². The molecule has 2 unspecified atom stereocenters. The number of unbranched alkanes of at least 4 members (excludes halogenated alkanes) is 9. The third-order valence-electron chi connectivity index (χ3n) is 4.98. The lowest BCUT2D eigenvalue weighted by Gasteiger charge is -2.22. The molecule has 3 heteroatoms. The van der Waals surface area contributed by atoms with Crippen LogP contribution in [0.2, 0.25) is 0 Å². The molecule has 0 aromatic carbocycles. The lowest BCUT2D eigenvalue weighted by Crippen LogP contribution is -2.43. The van der Waals surface area contributed by atoms with E-state index in [-0.39, 0.29) is 6.04 Å². The minimum Gasteiger partial charge on any atom is -0.371 e. The first kappa shape index (κ1) is 19.5. The average molecular weight is 310 g/mol. The highest BCUT2D eigenvalue weighted by Gasteiger charge is 2.22. The minimum atomic E-state index is 0.131. The second kappa shape index (κ2) is 12.9. The molecular weight excluding hydrogens is 270 g/mol. The molecule has 1 heterocycles. The van der Waals surface area contributed by atoms with E-state index in [0.717, 1.165) is 18.9 Å². The van der Waals surface area contributed by atoms with Gasteiger partial charge in [-0.25, -0.2) is 0 Å². The van der Waals surface area contributed by atoms with Gasteiger partial charge >= 0.3 is 0 Å². The molecule has 3 N–H and O–H groups in total. The Morgan fingerprint density at radius 1 is 0.955 bits per heavy atom. The van der Waals surface area contributed by atoms with Crippen molar-refractivity contribution in [2.75, 3.05) is 13.1 Å². The Morgan fingerprint density at radius 3 is 2.05 bits per heavy atom. The van der Waals surface area contributed by atoms with Crippen LogP contribution in [0.1, 0.15) is 90.9 Å². The van der Waals surface area contributed by atoms with Gasteiger partial charge in [-0.3, -0.25) is 4.99 Å².